The van der Waals surface area contributed by atoms with Gasteiger partial charge < -0.3 is 14.4 Å². The van der Waals surface area contributed by atoms with Crippen LogP contribution in [-0.2, 0) is 4.74 Å². The van der Waals surface area contributed by atoms with Crippen LogP contribution in [0.2, 0.25) is 0 Å². The first-order valence-corrected chi connectivity index (χ1v) is 8.12. The highest BCUT2D eigenvalue weighted by molar-refractivity contribution is 5.96. The zero-order valence-corrected chi connectivity index (χ0v) is 13.5. The van der Waals surface area contributed by atoms with E-state index in [4.69, 9.17) is 9.47 Å². The van der Waals surface area contributed by atoms with Gasteiger partial charge in [0.25, 0.3) is 0 Å². The van der Waals surface area contributed by atoms with E-state index in [-0.39, 0.29) is 0 Å². The van der Waals surface area contributed by atoms with Gasteiger partial charge >= 0.3 is 0 Å². The molecule has 0 radical (unpaired) electrons. The molecule has 1 aliphatic heterocycles. The lowest BCUT2D eigenvalue weighted by molar-refractivity contribution is 0.122. The fraction of sp³-hybridized carbons (Fsp3) is 0.353. The molecule has 1 N–H and O–H groups in total. The summed E-state index contributed by atoms with van der Waals surface area (Å²) in [6.07, 6.45) is 3.54. The van der Waals surface area contributed by atoms with Gasteiger partial charge in [-0.2, -0.15) is 5.10 Å². The van der Waals surface area contributed by atoms with Crippen LogP contribution < -0.4 is 9.64 Å². The normalized spacial score (nSPS) is 15.0. The molecule has 124 valence electrons. The number of morpholine rings is 1. The van der Waals surface area contributed by atoms with Gasteiger partial charge in [0.15, 0.2) is 0 Å². The lowest BCUT2D eigenvalue weighted by Crippen LogP contribution is -2.36. The Morgan fingerprint density at radius 3 is 2.88 bits per heavy atom. The maximum absolute atomic E-state index is 5.67. The monoisotopic (exact) mass is 325 g/mol. The van der Waals surface area contributed by atoms with E-state index < -0.39 is 0 Å². The molecule has 4 heterocycles. The van der Waals surface area contributed by atoms with E-state index in [1.807, 2.05) is 25.3 Å². The van der Waals surface area contributed by atoms with Crippen LogP contribution in [-0.4, -0.2) is 53.1 Å². The Hall–Kier alpha value is -2.67. The highest BCUT2D eigenvalue weighted by Gasteiger charge is 2.17. The number of aromatic amines is 1. The zero-order valence-electron chi connectivity index (χ0n) is 13.5. The molecule has 0 spiro atoms. The van der Waals surface area contributed by atoms with Crippen LogP contribution in [0.25, 0.3) is 22.2 Å². The summed E-state index contributed by atoms with van der Waals surface area (Å²) in [5.41, 5.74) is 2.73. The van der Waals surface area contributed by atoms with Crippen molar-refractivity contribution in [2.45, 2.75) is 6.92 Å². The quantitative estimate of drug-likeness (QED) is 0.793. The summed E-state index contributed by atoms with van der Waals surface area (Å²) in [6.45, 7) is 5.67. The summed E-state index contributed by atoms with van der Waals surface area (Å²) < 4.78 is 11.1. The average molecular weight is 325 g/mol. The van der Waals surface area contributed by atoms with Crippen molar-refractivity contribution >= 4 is 16.7 Å². The second-order valence-corrected chi connectivity index (χ2v) is 5.55. The van der Waals surface area contributed by atoms with Gasteiger partial charge in [0.1, 0.15) is 11.5 Å². The van der Waals surface area contributed by atoms with Crippen molar-refractivity contribution in [3.63, 3.8) is 0 Å². The third kappa shape index (κ3) is 2.67. The molecule has 7 nitrogen and oxygen atoms in total. The molecular weight excluding hydrogens is 306 g/mol. The van der Waals surface area contributed by atoms with Gasteiger partial charge in [0.05, 0.1) is 30.7 Å². The molecular formula is C17H19N5O2. The predicted molar refractivity (Wildman–Crippen MR) is 91.3 cm³/mol. The summed E-state index contributed by atoms with van der Waals surface area (Å²) in [7, 11) is 0. The predicted octanol–water partition coefficient (Wildman–Crippen LogP) is 2.26. The Balaban J connectivity index is 1.77. The number of aromatic nitrogens is 4. The molecule has 4 rings (SSSR count). The molecule has 0 atom stereocenters. The Morgan fingerprint density at radius 2 is 2.04 bits per heavy atom. The van der Waals surface area contributed by atoms with E-state index in [1.54, 1.807) is 6.20 Å². The largest absolute Gasteiger partial charge is 0.477 e. The van der Waals surface area contributed by atoms with Crippen LogP contribution in [0.3, 0.4) is 0 Å². The first kappa shape index (κ1) is 14.9. The van der Waals surface area contributed by atoms with Gasteiger partial charge in [0, 0.05) is 31.0 Å². The van der Waals surface area contributed by atoms with Crippen molar-refractivity contribution in [2.24, 2.45) is 0 Å². The topological polar surface area (TPSA) is 76.2 Å². The van der Waals surface area contributed by atoms with Crippen molar-refractivity contribution in [3.8, 4) is 17.1 Å². The highest BCUT2D eigenvalue weighted by Crippen LogP contribution is 2.33. The SMILES string of the molecule is CCOc1nccc2[nH]nc(-c3ccnc(N4CCOCC4)c3)c12. The second kappa shape index (κ2) is 6.45. The number of rotatable bonds is 4. The Kier molecular flexibility index (Phi) is 4.00. The van der Waals surface area contributed by atoms with E-state index in [1.165, 1.54) is 0 Å². The van der Waals surface area contributed by atoms with Crippen LogP contribution >= 0.6 is 0 Å². The molecule has 1 saturated heterocycles. The molecule has 1 aliphatic rings. The number of anilines is 1. The lowest BCUT2D eigenvalue weighted by Gasteiger charge is -2.27. The molecule has 7 heteroatoms. The van der Waals surface area contributed by atoms with Crippen molar-refractivity contribution < 1.29 is 9.47 Å². The summed E-state index contributed by atoms with van der Waals surface area (Å²) in [4.78, 5) is 11.1. The molecule has 24 heavy (non-hydrogen) atoms. The summed E-state index contributed by atoms with van der Waals surface area (Å²) in [6, 6.07) is 5.92. The minimum atomic E-state index is 0.562. The zero-order chi connectivity index (χ0) is 16.4. The first-order chi connectivity index (χ1) is 11.9. The van der Waals surface area contributed by atoms with E-state index in [0.29, 0.717) is 12.5 Å². The van der Waals surface area contributed by atoms with Crippen LogP contribution in [0.15, 0.2) is 30.6 Å². The molecule has 1 fully saturated rings. The number of pyridine rings is 2. The molecule has 0 aliphatic carbocycles. The van der Waals surface area contributed by atoms with Crippen LogP contribution in [0.4, 0.5) is 5.82 Å². The van der Waals surface area contributed by atoms with Gasteiger partial charge in [-0.15, -0.1) is 0 Å². The van der Waals surface area contributed by atoms with E-state index >= 15 is 0 Å². The highest BCUT2D eigenvalue weighted by atomic mass is 16.5. The van der Waals surface area contributed by atoms with E-state index in [9.17, 15) is 0 Å². The van der Waals surface area contributed by atoms with Crippen molar-refractivity contribution in [1.29, 1.82) is 0 Å². The molecule has 0 bridgehead atoms. The minimum Gasteiger partial charge on any atom is -0.477 e. The third-order valence-electron chi connectivity index (χ3n) is 4.08. The Labute approximate surface area is 139 Å². The van der Waals surface area contributed by atoms with Gasteiger partial charge in [-0.1, -0.05) is 0 Å². The number of hydrogen-bond acceptors (Lipinski definition) is 6. The third-order valence-corrected chi connectivity index (χ3v) is 4.08. The molecule has 3 aromatic heterocycles. The second-order valence-electron chi connectivity index (χ2n) is 5.55. The van der Waals surface area contributed by atoms with Gasteiger partial charge in [-0.05, 0) is 25.1 Å². The fourth-order valence-corrected chi connectivity index (χ4v) is 2.92. The number of H-pyrrole nitrogens is 1. The molecule has 3 aromatic rings. The maximum Gasteiger partial charge on any atom is 0.225 e. The number of hydrogen-bond donors (Lipinski definition) is 1. The van der Waals surface area contributed by atoms with E-state index in [2.05, 4.69) is 31.1 Å². The van der Waals surface area contributed by atoms with Gasteiger partial charge in [-0.25, -0.2) is 9.97 Å². The summed E-state index contributed by atoms with van der Waals surface area (Å²) in [5.74, 6) is 1.54. The lowest BCUT2D eigenvalue weighted by atomic mass is 10.1. The standard InChI is InChI=1S/C17H19N5O2/c1-2-24-17-15-13(4-6-19-17)20-21-16(15)12-3-5-18-14(11-12)22-7-9-23-10-8-22/h3-6,11H,2,7-10H2,1H3,(H,20,21). The van der Waals surface area contributed by atoms with Gasteiger partial charge in [0.2, 0.25) is 5.88 Å². The van der Waals surface area contributed by atoms with Crippen molar-refractivity contribution in [1.82, 2.24) is 20.2 Å². The molecule has 0 amide bonds. The number of nitrogens with zero attached hydrogens (tertiary/aromatic N) is 4. The number of fused-ring (bicyclic) bond motifs is 1. The van der Waals surface area contributed by atoms with Crippen LogP contribution in [0.5, 0.6) is 5.88 Å². The summed E-state index contributed by atoms with van der Waals surface area (Å²) in [5, 5.41) is 8.44. The van der Waals surface area contributed by atoms with Gasteiger partial charge in [-0.3, -0.25) is 5.10 Å². The molecule has 0 saturated carbocycles. The number of nitrogens with one attached hydrogen (secondary N) is 1. The summed E-state index contributed by atoms with van der Waals surface area (Å²) >= 11 is 0. The van der Waals surface area contributed by atoms with Crippen molar-refractivity contribution in [2.75, 3.05) is 37.8 Å². The number of ether oxygens (including phenoxy) is 2. The molecule has 0 aromatic carbocycles. The van der Waals surface area contributed by atoms with Crippen LogP contribution in [0.1, 0.15) is 6.92 Å². The first-order valence-electron chi connectivity index (χ1n) is 8.12. The average Bonchev–Trinajstić information content (AvgIpc) is 3.08. The maximum atomic E-state index is 5.67. The Bertz CT molecular complexity index is 842. The fourth-order valence-electron chi connectivity index (χ4n) is 2.92. The smallest absolute Gasteiger partial charge is 0.225 e. The minimum absolute atomic E-state index is 0.562. The van der Waals surface area contributed by atoms with Crippen LogP contribution in [0, 0.1) is 0 Å². The Morgan fingerprint density at radius 1 is 1.21 bits per heavy atom. The van der Waals surface area contributed by atoms with E-state index in [0.717, 1.165) is 54.3 Å². The van der Waals surface area contributed by atoms with Crippen molar-refractivity contribution in [3.05, 3.63) is 30.6 Å². The molecule has 0 unspecified atom stereocenters.